The molecule has 2 aromatic rings. The molecule has 0 fully saturated rings. The number of rotatable bonds is 8. The Labute approximate surface area is 165 Å². The van der Waals surface area contributed by atoms with Crippen molar-refractivity contribution in [1.29, 1.82) is 0 Å². The van der Waals surface area contributed by atoms with Crippen molar-refractivity contribution in [2.75, 3.05) is 30.5 Å². The van der Waals surface area contributed by atoms with E-state index in [2.05, 4.69) is 17.6 Å². The van der Waals surface area contributed by atoms with Gasteiger partial charge in [0.2, 0.25) is 11.8 Å². The van der Waals surface area contributed by atoms with Gasteiger partial charge < -0.3 is 10.6 Å². The van der Waals surface area contributed by atoms with Crippen LogP contribution in [0.5, 0.6) is 0 Å². The normalized spacial score (nSPS) is 11.9. The number of anilines is 2. The molecule has 1 atom stereocenters. The molecule has 0 radical (unpaired) electrons. The van der Waals surface area contributed by atoms with Gasteiger partial charge in [-0.3, -0.25) is 14.5 Å². The van der Waals surface area contributed by atoms with Gasteiger partial charge in [0.15, 0.2) is 0 Å². The molecule has 0 aliphatic rings. The van der Waals surface area contributed by atoms with Crippen molar-refractivity contribution in [3.05, 3.63) is 54.1 Å². The minimum Gasteiger partial charge on any atom is -0.325 e. The number of likely N-dealkylation sites (N-methyl/N-ethyl adjacent to an activating group) is 1. The number of carbonyl (C=O) groups excluding carboxylic acids is 2. The molecule has 2 aromatic carbocycles. The Bertz CT molecular complexity index is 777. The first-order chi connectivity index (χ1) is 12.9. The van der Waals surface area contributed by atoms with Crippen LogP contribution in [0.3, 0.4) is 0 Å². The second-order valence-corrected chi connectivity index (χ2v) is 7.23. The predicted octanol–water partition coefficient (Wildman–Crippen LogP) is 3.87. The highest BCUT2D eigenvalue weighted by molar-refractivity contribution is 7.98. The molecule has 2 N–H and O–H groups in total. The molecule has 0 saturated carbocycles. The van der Waals surface area contributed by atoms with Crippen molar-refractivity contribution in [1.82, 2.24) is 4.90 Å². The highest BCUT2D eigenvalue weighted by atomic mass is 32.2. The van der Waals surface area contributed by atoms with Crippen LogP contribution in [0.25, 0.3) is 0 Å². The van der Waals surface area contributed by atoms with Gasteiger partial charge >= 0.3 is 0 Å². The highest BCUT2D eigenvalue weighted by Crippen LogP contribution is 2.24. The fourth-order valence-corrected chi connectivity index (χ4v) is 3.13. The summed E-state index contributed by atoms with van der Waals surface area (Å²) in [5.41, 5.74) is 2.77. The zero-order valence-corrected chi connectivity index (χ0v) is 17.1. The van der Waals surface area contributed by atoms with Crippen LogP contribution in [-0.2, 0) is 16.0 Å². The Morgan fingerprint density at radius 3 is 2.37 bits per heavy atom. The summed E-state index contributed by atoms with van der Waals surface area (Å²) in [7, 11) is 1.77. The fourth-order valence-electron chi connectivity index (χ4n) is 2.57. The molecule has 0 aromatic heterocycles. The zero-order chi connectivity index (χ0) is 19.8. The van der Waals surface area contributed by atoms with Gasteiger partial charge in [0.25, 0.3) is 0 Å². The van der Waals surface area contributed by atoms with E-state index in [-0.39, 0.29) is 18.4 Å². The summed E-state index contributed by atoms with van der Waals surface area (Å²) in [5, 5.41) is 5.81. The highest BCUT2D eigenvalue weighted by Gasteiger charge is 2.20. The molecule has 0 heterocycles. The van der Waals surface area contributed by atoms with Crippen molar-refractivity contribution in [3.63, 3.8) is 0 Å². The number of hydrogen-bond donors (Lipinski definition) is 2. The lowest BCUT2D eigenvalue weighted by molar-refractivity contribution is -0.122. The van der Waals surface area contributed by atoms with E-state index in [0.29, 0.717) is 0 Å². The summed E-state index contributed by atoms with van der Waals surface area (Å²) < 4.78 is 0. The van der Waals surface area contributed by atoms with Crippen LogP contribution < -0.4 is 10.6 Å². The van der Waals surface area contributed by atoms with Crippen molar-refractivity contribution in [2.45, 2.75) is 31.2 Å². The van der Waals surface area contributed by atoms with Gasteiger partial charge in [0.05, 0.1) is 18.3 Å². The first-order valence-electron chi connectivity index (χ1n) is 8.97. The molecule has 0 bridgehead atoms. The van der Waals surface area contributed by atoms with Crippen LogP contribution >= 0.6 is 11.8 Å². The second-order valence-electron chi connectivity index (χ2n) is 6.38. The predicted molar refractivity (Wildman–Crippen MR) is 113 cm³/mol. The van der Waals surface area contributed by atoms with E-state index >= 15 is 0 Å². The van der Waals surface area contributed by atoms with Gasteiger partial charge in [-0.2, -0.15) is 0 Å². The first-order valence-corrected chi connectivity index (χ1v) is 10.2. The maximum atomic E-state index is 12.5. The van der Waals surface area contributed by atoms with E-state index < -0.39 is 6.04 Å². The minimum absolute atomic E-state index is 0.131. The molecule has 0 aliphatic carbocycles. The lowest BCUT2D eigenvalue weighted by Gasteiger charge is -2.23. The number of amides is 2. The monoisotopic (exact) mass is 385 g/mol. The summed E-state index contributed by atoms with van der Waals surface area (Å²) in [4.78, 5) is 27.6. The number of nitrogens with zero attached hydrogens (tertiary/aromatic N) is 1. The molecule has 2 rings (SSSR count). The standard InChI is InChI=1S/C21H27N3O2S/c1-5-16-10-12-17(13-11-16)22-21(26)15(2)24(3)14-20(25)23-18-8-6-7-9-19(18)27-4/h6-13,15H,5,14H2,1-4H3,(H,22,26)(H,23,25). The minimum atomic E-state index is -0.433. The number of thioether (sulfide) groups is 1. The number of aryl methyl sites for hydroxylation is 1. The Kier molecular flexibility index (Phi) is 7.88. The SMILES string of the molecule is CCc1ccc(NC(=O)C(C)N(C)CC(=O)Nc2ccccc2SC)cc1. The second kappa shape index (κ2) is 10.1. The van der Waals surface area contributed by atoms with Gasteiger partial charge in [-0.05, 0) is 56.5 Å². The average Bonchev–Trinajstić information content (AvgIpc) is 2.68. The third-order valence-corrected chi connectivity index (χ3v) is 5.24. The largest absolute Gasteiger partial charge is 0.325 e. The lowest BCUT2D eigenvalue weighted by Crippen LogP contribution is -2.43. The zero-order valence-electron chi connectivity index (χ0n) is 16.3. The maximum absolute atomic E-state index is 12.5. The molecular formula is C21H27N3O2S. The van der Waals surface area contributed by atoms with E-state index in [9.17, 15) is 9.59 Å². The van der Waals surface area contributed by atoms with Crippen LogP contribution in [0.2, 0.25) is 0 Å². The quantitative estimate of drug-likeness (QED) is 0.677. The smallest absolute Gasteiger partial charge is 0.241 e. The van der Waals surface area contributed by atoms with Gasteiger partial charge in [-0.1, -0.05) is 31.2 Å². The van der Waals surface area contributed by atoms with Crippen LogP contribution in [0.4, 0.5) is 11.4 Å². The number of benzene rings is 2. The Morgan fingerprint density at radius 1 is 1.07 bits per heavy atom. The summed E-state index contributed by atoms with van der Waals surface area (Å²) in [6.45, 7) is 4.01. The Hall–Kier alpha value is -2.31. The molecular weight excluding hydrogens is 358 g/mol. The first kappa shape index (κ1) is 21.0. The Morgan fingerprint density at radius 2 is 1.74 bits per heavy atom. The lowest BCUT2D eigenvalue weighted by atomic mass is 10.1. The Balaban J connectivity index is 1.90. The van der Waals surface area contributed by atoms with E-state index in [1.807, 2.05) is 54.8 Å². The van der Waals surface area contributed by atoms with Gasteiger partial charge in [-0.15, -0.1) is 11.8 Å². The molecule has 27 heavy (non-hydrogen) atoms. The molecule has 0 spiro atoms. The molecule has 0 aliphatic heterocycles. The van der Waals surface area contributed by atoms with Crippen LogP contribution in [0.15, 0.2) is 53.4 Å². The number of nitrogens with one attached hydrogen (secondary N) is 2. The number of hydrogen-bond acceptors (Lipinski definition) is 4. The van der Waals surface area contributed by atoms with Crippen molar-refractivity contribution >= 4 is 35.0 Å². The maximum Gasteiger partial charge on any atom is 0.241 e. The van der Waals surface area contributed by atoms with Gasteiger partial charge in [0, 0.05) is 10.6 Å². The summed E-state index contributed by atoms with van der Waals surface area (Å²) in [6, 6.07) is 15.0. The van der Waals surface area contributed by atoms with Gasteiger partial charge in [0.1, 0.15) is 0 Å². The third-order valence-electron chi connectivity index (χ3n) is 4.44. The van der Waals surface area contributed by atoms with E-state index in [4.69, 9.17) is 0 Å². The number of carbonyl (C=O) groups is 2. The van der Waals surface area contributed by atoms with E-state index in [1.165, 1.54) is 5.56 Å². The molecule has 6 heteroatoms. The molecule has 144 valence electrons. The average molecular weight is 386 g/mol. The molecule has 0 saturated heterocycles. The fraction of sp³-hybridized carbons (Fsp3) is 0.333. The molecule has 2 amide bonds. The van der Waals surface area contributed by atoms with Crippen molar-refractivity contribution in [3.8, 4) is 0 Å². The number of para-hydroxylation sites is 1. The van der Waals surface area contributed by atoms with E-state index in [0.717, 1.165) is 22.7 Å². The molecule has 1 unspecified atom stereocenters. The third kappa shape index (κ3) is 6.12. The van der Waals surface area contributed by atoms with Crippen LogP contribution in [-0.4, -0.2) is 42.6 Å². The van der Waals surface area contributed by atoms with Crippen LogP contribution in [0.1, 0.15) is 19.4 Å². The summed E-state index contributed by atoms with van der Waals surface area (Å²) >= 11 is 1.58. The van der Waals surface area contributed by atoms with Gasteiger partial charge in [-0.25, -0.2) is 0 Å². The van der Waals surface area contributed by atoms with Crippen LogP contribution in [0, 0.1) is 0 Å². The topological polar surface area (TPSA) is 61.4 Å². The van der Waals surface area contributed by atoms with E-state index in [1.54, 1.807) is 30.6 Å². The summed E-state index contributed by atoms with van der Waals surface area (Å²) in [5.74, 6) is -0.287. The summed E-state index contributed by atoms with van der Waals surface area (Å²) in [6.07, 6.45) is 2.93. The van der Waals surface area contributed by atoms with Crippen molar-refractivity contribution in [2.24, 2.45) is 0 Å². The van der Waals surface area contributed by atoms with Crippen molar-refractivity contribution < 1.29 is 9.59 Å². The molecule has 5 nitrogen and oxygen atoms in total.